The van der Waals surface area contributed by atoms with E-state index in [-0.39, 0.29) is 30.6 Å². The van der Waals surface area contributed by atoms with E-state index in [2.05, 4.69) is 0 Å². The molecule has 1 aliphatic rings. The molecule has 1 aliphatic heterocycles. The Labute approximate surface area is 88.6 Å². The number of rotatable bonds is 5. The van der Waals surface area contributed by atoms with Crippen LogP contribution in [0.25, 0.3) is 0 Å². The third kappa shape index (κ3) is 4.15. The number of carbonyl (C=O) groups is 1. The largest absolute Gasteiger partial charge is 0.396 e. The normalized spacial score (nSPS) is 22.4. The molecule has 1 unspecified atom stereocenters. The molecule has 1 heterocycles. The summed E-state index contributed by atoms with van der Waals surface area (Å²) in [5.74, 6) is -0.437. The third-order valence-electron chi connectivity index (χ3n) is 2.38. The van der Waals surface area contributed by atoms with Gasteiger partial charge in [-0.3, -0.25) is 9.35 Å². The van der Waals surface area contributed by atoms with Gasteiger partial charge in [-0.25, -0.2) is 0 Å². The Hall–Kier alpha value is -0.660. The summed E-state index contributed by atoms with van der Waals surface area (Å²) in [4.78, 5) is 12.8. The second-order valence-corrected chi connectivity index (χ2v) is 5.30. The number of carbonyl (C=O) groups excluding carboxylic acids is 1. The molecule has 0 aromatic heterocycles. The third-order valence-corrected chi connectivity index (χ3v) is 3.19. The number of nitrogens with zero attached hydrogens (tertiary/aromatic N) is 1. The minimum Gasteiger partial charge on any atom is -0.396 e. The maximum absolute atomic E-state index is 11.3. The Morgan fingerprint density at radius 3 is 2.60 bits per heavy atom. The van der Waals surface area contributed by atoms with E-state index in [9.17, 15) is 13.2 Å². The average Bonchev–Trinajstić information content (AvgIpc) is 2.45. The minimum atomic E-state index is -3.94. The lowest BCUT2D eigenvalue weighted by molar-refractivity contribution is -0.127. The molecule has 2 N–H and O–H groups in total. The van der Waals surface area contributed by atoms with Gasteiger partial charge in [0.15, 0.2) is 0 Å². The molecule has 1 fully saturated rings. The van der Waals surface area contributed by atoms with Crippen molar-refractivity contribution in [3.05, 3.63) is 0 Å². The molecular weight excluding hydrogens is 222 g/mol. The zero-order valence-electron chi connectivity index (χ0n) is 8.29. The van der Waals surface area contributed by atoms with E-state index in [1.807, 2.05) is 0 Å². The van der Waals surface area contributed by atoms with Gasteiger partial charge in [-0.15, -0.1) is 0 Å². The molecule has 0 saturated carbocycles. The molecule has 0 aliphatic carbocycles. The Balaban J connectivity index is 2.31. The van der Waals surface area contributed by atoms with Crippen molar-refractivity contribution in [3.63, 3.8) is 0 Å². The van der Waals surface area contributed by atoms with Gasteiger partial charge in [-0.05, 0) is 6.42 Å². The van der Waals surface area contributed by atoms with Gasteiger partial charge in [0.05, 0.1) is 5.75 Å². The van der Waals surface area contributed by atoms with Crippen molar-refractivity contribution >= 4 is 16.0 Å². The summed E-state index contributed by atoms with van der Waals surface area (Å²) in [6, 6.07) is 0. The first-order valence-corrected chi connectivity index (χ1v) is 6.37. The van der Waals surface area contributed by atoms with Crippen LogP contribution in [0, 0.1) is 5.92 Å². The van der Waals surface area contributed by atoms with Crippen LogP contribution in [-0.4, -0.2) is 54.3 Å². The molecule has 15 heavy (non-hydrogen) atoms. The van der Waals surface area contributed by atoms with Gasteiger partial charge in [0, 0.05) is 32.0 Å². The molecule has 0 aromatic carbocycles. The first-order chi connectivity index (χ1) is 6.92. The fourth-order valence-electron chi connectivity index (χ4n) is 1.63. The number of aliphatic hydroxyl groups excluding tert-OH is 1. The maximum atomic E-state index is 11.3. The second-order valence-electron chi connectivity index (χ2n) is 3.73. The summed E-state index contributed by atoms with van der Waals surface area (Å²) in [6.45, 7) is 0.760. The number of likely N-dealkylation sites (tertiary alicyclic amines) is 1. The predicted octanol–water partition coefficient (Wildman–Crippen LogP) is -0.895. The second kappa shape index (κ2) is 4.91. The van der Waals surface area contributed by atoms with Gasteiger partial charge in [0.2, 0.25) is 5.91 Å². The fraction of sp³-hybridized carbons (Fsp3) is 0.875. The van der Waals surface area contributed by atoms with Crippen LogP contribution in [-0.2, 0) is 14.9 Å². The molecule has 1 rings (SSSR count). The molecular formula is C8H15NO5S. The van der Waals surface area contributed by atoms with E-state index >= 15 is 0 Å². The van der Waals surface area contributed by atoms with Crippen molar-refractivity contribution in [2.75, 3.05) is 25.4 Å². The van der Waals surface area contributed by atoms with E-state index < -0.39 is 10.1 Å². The highest BCUT2D eigenvalue weighted by Gasteiger charge is 2.28. The summed E-state index contributed by atoms with van der Waals surface area (Å²) in [6.07, 6.45) is 0.547. The Kier molecular flexibility index (Phi) is 4.06. The summed E-state index contributed by atoms with van der Waals surface area (Å²) < 4.78 is 29.3. The maximum Gasteiger partial charge on any atom is 0.264 e. The van der Waals surface area contributed by atoms with Crippen molar-refractivity contribution in [3.8, 4) is 0 Å². The molecule has 1 amide bonds. The Morgan fingerprint density at radius 2 is 2.13 bits per heavy atom. The van der Waals surface area contributed by atoms with Gasteiger partial charge in [-0.1, -0.05) is 0 Å². The summed E-state index contributed by atoms with van der Waals surface area (Å²) in [7, 11) is -3.94. The van der Waals surface area contributed by atoms with Crippen LogP contribution >= 0.6 is 0 Å². The lowest BCUT2D eigenvalue weighted by atomic mass is 10.1. The number of hydrogen-bond acceptors (Lipinski definition) is 4. The van der Waals surface area contributed by atoms with Crippen LogP contribution in [0.4, 0.5) is 0 Å². The van der Waals surface area contributed by atoms with Gasteiger partial charge >= 0.3 is 0 Å². The zero-order chi connectivity index (χ0) is 11.5. The van der Waals surface area contributed by atoms with Gasteiger partial charge < -0.3 is 10.0 Å². The van der Waals surface area contributed by atoms with Crippen molar-refractivity contribution < 1.29 is 22.9 Å². The van der Waals surface area contributed by atoms with Gasteiger partial charge in [0.1, 0.15) is 0 Å². The minimum absolute atomic E-state index is 0.0272. The molecule has 0 spiro atoms. The first kappa shape index (κ1) is 12.4. The lowest BCUT2D eigenvalue weighted by Gasteiger charge is -2.15. The highest BCUT2D eigenvalue weighted by molar-refractivity contribution is 7.85. The van der Waals surface area contributed by atoms with E-state index in [1.54, 1.807) is 0 Å². The molecule has 6 nitrogen and oxygen atoms in total. The van der Waals surface area contributed by atoms with E-state index in [1.165, 1.54) is 4.90 Å². The van der Waals surface area contributed by atoms with Crippen LogP contribution in [0.5, 0.6) is 0 Å². The van der Waals surface area contributed by atoms with Crippen LogP contribution in [0.15, 0.2) is 0 Å². The lowest BCUT2D eigenvalue weighted by Crippen LogP contribution is -2.28. The number of amides is 1. The van der Waals surface area contributed by atoms with E-state index in [0.29, 0.717) is 19.5 Å². The van der Waals surface area contributed by atoms with Crippen molar-refractivity contribution in [1.29, 1.82) is 0 Å². The van der Waals surface area contributed by atoms with Gasteiger partial charge in [0.25, 0.3) is 10.1 Å². The van der Waals surface area contributed by atoms with Crippen LogP contribution in [0.3, 0.4) is 0 Å². The Bertz CT molecular complexity index is 326. The molecule has 0 bridgehead atoms. The standard InChI is InChI=1S/C8H15NO5S/c10-6-7-4-8(11)9(5-7)2-1-3-15(12,13)14/h7,10H,1-6H2,(H,12,13,14). The summed E-state index contributed by atoms with van der Waals surface area (Å²) in [5, 5.41) is 8.84. The molecule has 0 radical (unpaired) electrons. The summed E-state index contributed by atoms with van der Waals surface area (Å²) >= 11 is 0. The van der Waals surface area contributed by atoms with Crippen molar-refractivity contribution in [2.45, 2.75) is 12.8 Å². The zero-order valence-corrected chi connectivity index (χ0v) is 9.11. The first-order valence-electron chi connectivity index (χ1n) is 4.76. The monoisotopic (exact) mass is 237 g/mol. The fourth-order valence-corrected chi connectivity index (χ4v) is 2.12. The molecule has 7 heteroatoms. The number of hydrogen-bond donors (Lipinski definition) is 2. The molecule has 0 aromatic rings. The SMILES string of the molecule is O=C1CC(CO)CN1CCCS(=O)(=O)O. The predicted molar refractivity (Wildman–Crippen MR) is 52.8 cm³/mol. The molecule has 1 saturated heterocycles. The van der Waals surface area contributed by atoms with Gasteiger partial charge in [-0.2, -0.15) is 8.42 Å². The van der Waals surface area contributed by atoms with Crippen LogP contribution in [0.1, 0.15) is 12.8 Å². The van der Waals surface area contributed by atoms with Crippen molar-refractivity contribution in [2.24, 2.45) is 5.92 Å². The molecule has 1 atom stereocenters. The van der Waals surface area contributed by atoms with Crippen LogP contribution in [0.2, 0.25) is 0 Å². The topological polar surface area (TPSA) is 94.9 Å². The number of aliphatic hydroxyl groups is 1. The van der Waals surface area contributed by atoms with E-state index in [0.717, 1.165) is 0 Å². The quantitative estimate of drug-likeness (QED) is 0.604. The Morgan fingerprint density at radius 1 is 1.47 bits per heavy atom. The average molecular weight is 237 g/mol. The van der Waals surface area contributed by atoms with Crippen LogP contribution < -0.4 is 0 Å². The summed E-state index contributed by atoms with van der Waals surface area (Å²) in [5.41, 5.74) is 0. The molecule has 88 valence electrons. The van der Waals surface area contributed by atoms with Crippen molar-refractivity contribution in [1.82, 2.24) is 4.90 Å². The van der Waals surface area contributed by atoms with E-state index in [4.69, 9.17) is 9.66 Å². The highest BCUT2D eigenvalue weighted by Crippen LogP contribution is 2.17. The smallest absolute Gasteiger partial charge is 0.264 e. The highest BCUT2D eigenvalue weighted by atomic mass is 32.2.